The maximum atomic E-state index is 11.8. The lowest BCUT2D eigenvalue weighted by atomic mass is 10.4. The molecule has 2 heterocycles. The summed E-state index contributed by atoms with van der Waals surface area (Å²) in [5.41, 5.74) is 5.56. The van der Waals surface area contributed by atoms with E-state index in [-0.39, 0.29) is 13.0 Å². The van der Waals surface area contributed by atoms with Crippen molar-refractivity contribution in [2.24, 2.45) is 0 Å². The molecule has 0 aliphatic carbocycles. The van der Waals surface area contributed by atoms with Crippen LogP contribution in [0.3, 0.4) is 0 Å². The van der Waals surface area contributed by atoms with Crippen molar-refractivity contribution in [2.75, 3.05) is 18.9 Å². The number of alkyl halides is 3. The summed E-state index contributed by atoms with van der Waals surface area (Å²) in [5, 5.41) is 4.27. The number of thiophene rings is 1. The summed E-state index contributed by atoms with van der Waals surface area (Å²) in [6, 6.07) is 3.44. The molecule has 2 aromatic rings. The predicted molar refractivity (Wildman–Crippen MR) is 62.6 cm³/mol. The van der Waals surface area contributed by atoms with Crippen LogP contribution in [-0.2, 0) is 11.2 Å². The molecule has 2 aromatic heterocycles. The first-order chi connectivity index (χ1) is 8.94. The van der Waals surface area contributed by atoms with Gasteiger partial charge in [-0.1, -0.05) is 5.16 Å². The van der Waals surface area contributed by atoms with E-state index in [1.54, 1.807) is 12.1 Å². The largest absolute Gasteiger partial charge is 0.411 e. The Hall–Kier alpha value is -1.61. The molecule has 0 atom stereocenters. The van der Waals surface area contributed by atoms with Gasteiger partial charge in [0.1, 0.15) is 6.61 Å². The molecule has 0 unspecified atom stereocenters. The average molecular weight is 293 g/mol. The van der Waals surface area contributed by atoms with E-state index in [4.69, 9.17) is 10.3 Å². The van der Waals surface area contributed by atoms with Crippen molar-refractivity contribution in [3.05, 3.63) is 18.0 Å². The Labute approximate surface area is 110 Å². The SMILES string of the molecule is Nc1ccc(-c2nc(CCOCC(F)(F)F)no2)s1. The first kappa shape index (κ1) is 13.8. The summed E-state index contributed by atoms with van der Waals surface area (Å²) < 4.78 is 44.9. The fourth-order valence-electron chi connectivity index (χ4n) is 1.27. The molecule has 0 radical (unpaired) electrons. The molecule has 0 aliphatic rings. The molecular weight excluding hydrogens is 283 g/mol. The number of anilines is 1. The Kier molecular flexibility index (Phi) is 4.05. The highest BCUT2D eigenvalue weighted by Gasteiger charge is 2.27. The van der Waals surface area contributed by atoms with Gasteiger partial charge in [0.05, 0.1) is 16.5 Å². The molecule has 2 rings (SSSR count). The van der Waals surface area contributed by atoms with Gasteiger partial charge in [-0.2, -0.15) is 18.2 Å². The standard InChI is InChI=1S/C10H10F3N3O2S/c11-10(12,13)5-17-4-3-8-15-9(18-16-8)6-1-2-7(14)19-6/h1-2H,3-5,14H2. The Balaban J connectivity index is 1.85. The highest BCUT2D eigenvalue weighted by Crippen LogP contribution is 2.28. The number of halogens is 3. The normalized spacial score (nSPS) is 11.9. The van der Waals surface area contributed by atoms with E-state index < -0.39 is 12.8 Å². The molecule has 0 saturated heterocycles. The molecule has 2 N–H and O–H groups in total. The molecule has 9 heteroatoms. The van der Waals surface area contributed by atoms with Gasteiger partial charge in [0.15, 0.2) is 5.82 Å². The van der Waals surface area contributed by atoms with E-state index in [0.29, 0.717) is 21.6 Å². The maximum Gasteiger partial charge on any atom is 0.411 e. The van der Waals surface area contributed by atoms with Crippen molar-refractivity contribution >= 4 is 16.3 Å². The monoisotopic (exact) mass is 293 g/mol. The van der Waals surface area contributed by atoms with E-state index in [2.05, 4.69) is 14.9 Å². The van der Waals surface area contributed by atoms with Crippen molar-refractivity contribution in [1.82, 2.24) is 10.1 Å². The highest BCUT2D eigenvalue weighted by molar-refractivity contribution is 7.19. The van der Waals surface area contributed by atoms with Crippen molar-refractivity contribution in [3.63, 3.8) is 0 Å². The second-order valence-electron chi connectivity index (χ2n) is 3.64. The zero-order chi connectivity index (χ0) is 13.9. The van der Waals surface area contributed by atoms with Gasteiger partial charge in [-0.15, -0.1) is 11.3 Å². The minimum absolute atomic E-state index is 0.120. The minimum atomic E-state index is -4.32. The first-order valence-electron chi connectivity index (χ1n) is 5.27. The van der Waals surface area contributed by atoms with Crippen LogP contribution in [0.15, 0.2) is 16.7 Å². The van der Waals surface area contributed by atoms with Crippen molar-refractivity contribution < 1.29 is 22.4 Å². The number of rotatable bonds is 5. The van der Waals surface area contributed by atoms with Gasteiger partial charge in [-0.3, -0.25) is 0 Å². The second-order valence-corrected chi connectivity index (χ2v) is 4.75. The Bertz CT molecular complexity index is 538. The van der Waals surface area contributed by atoms with Gasteiger partial charge >= 0.3 is 6.18 Å². The van der Waals surface area contributed by atoms with E-state index in [0.717, 1.165) is 0 Å². The van der Waals surface area contributed by atoms with Gasteiger partial charge in [-0.05, 0) is 12.1 Å². The van der Waals surface area contributed by atoms with Crippen molar-refractivity contribution in [1.29, 1.82) is 0 Å². The topological polar surface area (TPSA) is 74.2 Å². The summed E-state index contributed by atoms with van der Waals surface area (Å²) in [6.45, 7) is -1.40. The van der Waals surface area contributed by atoms with Crippen LogP contribution >= 0.6 is 11.3 Å². The van der Waals surface area contributed by atoms with Crippen LogP contribution in [0, 0.1) is 0 Å². The third-order valence-corrected chi connectivity index (χ3v) is 2.94. The predicted octanol–water partition coefficient (Wildman–Crippen LogP) is 2.50. The zero-order valence-corrected chi connectivity index (χ0v) is 10.4. The third-order valence-electron chi connectivity index (χ3n) is 2.04. The van der Waals surface area contributed by atoms with Crippen LogP contribution in [0.4, 0.5) is 18.2 Å². The van der Waals surface area contributed by atoms with Gasteiger partial charge < -0.3 is 15.0 Å². The van der Waals surface area contributed by atoms with E-state index in [9.17, 15) is 13.2 Å². The molecule has 5 nitrogen and oxygen atoms in total. The van der Waals surface area contributed by atoms with Gasteiger partial charge in [0.25, 0.3) is 5.89 Å². The molecule has 104 valence electrons. The Morgan fingerprint density at radius 3 is 2.79 bits per heavy atom. The highest BCUT2D eigenvalue weighted by atomic mass is 32.1. The van der Waals surface area contributed by atoms with Crippen molar-refractivity contribution in [2.45, 2.75) is 12.6 Å². The van der Waals surface area contributed by atoms with Gasteiger partial charge in [0.2, 0.25) is 0 Å². The van der Waals surface area contributed by atoms with Gasteiger partial charge in [-0.25, -0.2) is 0 Å². The molecule has 0 aromatic carbocycles. The lowest BCUT2D eigenvalue weighted by Crippen LogP contribution is -2.18. The second kappa shape index (κ2) is 5.57. The van der Waals surface area contributed by atoms with Crippen molar-refractivity contribution in [3.8, 4) is 10.8 Å². The lowest BCUT2D eigenvalue weighted by Gasteiger charge is -2.05. The number of hydrogen-bond acceptors (Lipinski definition) is 6. The summed E-state index contributed by atoms with van der Waals surface area (Å²) in [5.74, 6) is 0.594. The van der Waals surface area contributed by atoms with E-state index in [1.807, 2.05) is 0 Å². The summed E-state index contributed by atoms with van der Waals surface area (Å²) in [6.07, 6.45) is -4.17. The summed E-state index contributed by atoms with van der Waals surface area (Å²) in [4.78, 5) is 4.76. The number of nitrogens with two attached hydrogens (primary N) is 1. The number of aromatic nitrogens is 2. The summed E-state index contributed by atoms with van der Waals surface area (Å²) >= 11 is 1.29. The zero-order valence-electron chi connectivity index (χ0n) is 9.61. The van der Waals surface area contributed by atoms with Crippen LogP contribution in [0.25, 0.3) is 10.8 Å². The molecular formula is C10H10F3N3O2S. The van der Waals surface area contributed by atoms with Crippen LogP contribution < -0.4 is 5.73 Å². The van der Waals surface area contributed by atoms with Crippen LogP contribution in [0.2, 0.25) is 0 Å². The van der Waals surface area contributed by atoms with E-state index in [1.165, 1.54) is 11.3 Å². The smallest absolute Gasteiger partial charge is 0.391 e. The Morgan fingerprint density at radius 1 is 1.37 bits per heavy atom. The molecule has 0 fully saturated rings. The molecule has 19 heavy (non-hydrogen) atoms. The Morgan fingerprint density at radius 2 is 2.16 bits per heavy atom. The molecule has 0 amide bonds. The molecule has 0 spiro atoms. The summed E-state index contributed by atoms with van der Waals surface area (Å²) in [7, 11) is 0. The first-order valence-corrected chi connectivity index (χ1v) is 6.08. The maximum absolute atomic E-state index is 11.8. The molecule has 0 bridgehead atoms. The van der Waals surface area contributed by atoms with Gasteiger partial charge in [0, 0.05) is 6.42 Å². The molecule has 0 aliphatic heterocycles. The molecule has 0 saturated carbocycles. The fourth-order valence-corrected chi connectivity index (χ4v) is 1.97. The fraction of sp³-hybridized carbons (Fsp3) is 0.400. The minimum Gasteiger partial charge on any atom is -0.391 e. The van der Waals surface area contributed by atoms with Crippen LogP contribution in [-0.4, -0.2) is 29.5 Å². The van der Waals surface area contributed by atoms with E-state index >= 15 is 0 Å². The lowest BCUT2D eigenvalue weighted by molar-refractivity contribution is -0.173. The number of hydrogen-bond donors (Lipinski definition) is 1. The number of nitrogens with zero attached hydrogens (tertiary/aromatic N) is 2. The van der Waals surface area contributed by atoms with Crippen LogP contribution in [0.5, 0.6) is 0 Å². The third kappa shape index (κ3) is 4.21. The van der Waals surface area contributed by atoms with Crippen LogP contribution in [0.1, 0.15) is 5.82 Å². The quantitative estimate of drug-likeness (QED) is 0.857. The number of nitrogen functional groups attached to an aromatic ring is 1. The average Bonchev–Trinajstić information content (AvgIpc) is 2.92. The number of ether oxygens (including phenoxy) is 1.